The van der Waals surface area contributed by atoms with E-state index in [1.54, 1.807) is 0 Å². The molecule has 2 aromatic carbocycles. The molecule has 5 heteroatoms. The first-order valence-electron chi connectivity index (χ1n) is 6.30. The summed E-state index contributed by atoms with van der Waals surface area (Å²) in [6, 6.07) is 12.0. The van der Waals surface area contributed by atoms with Gasteiger partial charge in [0, 0.05) is 4.47 Å². The first-order chi connectivity index (χ1) is 9.95. The van der Waals surface area contributed by atoms with Gasteiger partial charge in [0.2, 0.25) is 0 Å². The smallest absolute Gasteiger partial charge is 0.335 e. The molecule has 0 bridgehead atoms. The van der Waals surface area contributed by atoms with Crippen molar-refractivity contribution in [2.24, 2.45) is 0 Å². The summed E-state index contributed by atoms with van der Waals surface area (Å²) in [4.78, 5) is 22.1. The number of benzene rings is 2. The van der Waals surface area contributed by atoms with E-state index in [-0.39, 0.29) is 11.1 Å². The van der Waals surface area contributed by atoms with E-state index in [1.165, 1.54) is 18.2 Å². The van der Waals surface area contributed by atoms with Crippen molar-refractivity contribution in [3.8, 4) is 0 Å². The highest BCUT2D eigenvalue weighted by atomic mass is 79.9. The highest BCUT2D eigenvalue weighted by Crippen LogP contribution is 2.16. The van der Waals surface area contributed by atoms with Crippen LogP contribution < -0.4 is 0 Å². The Labute approximate surface area is 130 Å². The Hall–Kier alpha value is -2.14. The van der Waals surface area contributed by atoms with Crippen molar-refractivity contribution in [3.05, 3.63) is 69.2 Å². The van der Waals surface area contributed by atoms with E-state index in [4.69, 9.17) is 10.2 Å². The van der Waals surface area contributed by atoms with Crippen LogP contribution in [0, 0.1) is 0 Å². The average molecular weight is 349 g/mol. The van der Waals surface area contributed by atoms with Crippen molar-refractivity contribution in [2.75, 3.05) is 0 Å². The maximum Gasteiger partial charge on any atom is 0.335 e. The third kappa shape index (κ3) is 4.16. The molecule has 4 nitrogen and oxygen atoms in total. The SMILES string of the molecule is O=C(O)c1cc(CCc2cccc(Br)c2)cc(C(=O)O)c1. The minimum Gasteiger partial charge on any atom is -0.478 e. The van der Waals surface area contributed by atoms with Gasteiger partial charge >= 0.3 is 11.9 Å². The Morgan fingerprint density at radius 2 is 1.43 bits per heavy atom. The Kier molecular flexibility index (Phi) is 4.75. The minimum atomic E-state index is -1.12. The average Bonchev–Trinajstić information content (AvgIpc) is 2.45. The van der Waals surface area contributed by atoms with Crippen LogP contribution in [0.2, 0.25) is 0 Å². The molecule has 0 aliphatic heterocycles. The van der Waals surface area contributed by atoms with Crippen molar-refractivity contribution in [1.82, 2.24) is 0 Å². The molecule has 0 spiro atoms. The second-order valence-corrected chi connectivity index (χ2v) is 5.57. The van der Waals surface area contributed by atoms with E-state index in [2.05, 4.69) is 15.9 Å². The van der Waals surface area contributed by atoms with Gasteiger partial charge in [-0.15, -0.1) is 0 Å². The number of aromatic carboxylic acids is 2. The van der Waals surface area contributed by atoms with E-state index in [9.17, 15) is 9.59 Å². The zero-order chi connectivity index (χ0) is 15.4. The third-order valence-corrected chi connectivity index (χ3v) is 3.57. The highest BCUT2D eigenvalue weighted by Gasteiger charge is 2.11. The fourth-order valence-electron chi connectivity index (χ4n) is 2.06. The van der Waals surface area contributed by atoms with Crippen molar-refractivity contribution in [1.29, 1.82) is 0 Å². The molecule has 0 saturated carbocycles. The van der Waals surface area contributed by atoms with Crippen LogP contribution >= 0.6 is 15.9 Å². The lowest BCUT2D eigenvalue weighted by Gasteiger charge is -2.06. The predicted octanol–water partition coefficient (Wildman–Crippen LogP) is 3.63. The van der Waals surface area contributed by atoms with E-state index in [1.807, 2.05) is 24.3 Å². The molecule has 108 valence electrons. The van der Waals surface area contributed by atoms with Crippen molar-refractivity contribution < 1.29 is 19.8 Å². The zero-order valence-corrected chi connectivity index (χ0v) is 12.6. The first-order valence-corrected chi connectivity index (χ1v) is 7.10. The fourth-order valence-corrected chi connectivity index (χ4v) is 2.51. The monoisotopic (exact) mass is 348 g/mol. The van der Waals surface area contributed by atoms with Gasteiger partial charge in [0.1, 0.15) is 0 Å². The molecular weight excluding hydrogens is 336 g/mol. The lowest BCUT2D eigenvalue weighted by Crippen LogP contribution is -2.05. The quantitative estimate of drug-likeness (QED) is 0.864. The summed E-state index contributed by atoms with van der Waals surface area (Å²) < 4.78 is 0.977. The molecule has 0 saturated heterocycles. The summed E-state index contributed by atoms with van der Waals surface area (Å²) in [5, 5.41) is 18.1. The number of rotatable bonds is 5. The number of aryl methyl sites for hydroxylation is 2. The van der Waals surface area contributed by atoms with Gasteiger partial charge in [0.15, 0.2) is 0 Å². The molecule has 2 aromatic rings. The third-order valence-electron chi connectivity index (χ3n) is 3.08. The fraction of sp³-hybridized carbons (Fsp3) is 0.125. The van der Waals surface area contributed by atoms with Gasteiger partial charge in [-0.2, -0.15) is 0 Å². The van der Waals surface area contributed by atoms with Crippen molar-refractivity contribution in [3.63, 3.8) is 0 Å². The van der Waals surface area contributed by atoms with Gasteiger partial charge in [-0.05, 0) is 54.3 Å². The number of hydrogen-bond donors (Lipinski definition) is 2. The summed E-state index contributed by atoms with van der Waals surface area (Å²) in [5.74, 6) is -2.25. The number of carbonyl (C=O) groups is 2. The second kappa shape index (κ2) is 6.54. The van der Waals surface area contributed by atoms with Crippen molar-refractivity contribution >= 4 is 27.9 Å². The van der Waals surface area contributed by atoms with Crippen LogP contribution in [-0.2, 0) is 12.8 Å². The maximum absolute atomic E-state index is 11.0. The molecule has 0 aliphatic rings. The van der Waals surface area contributed by atoms with E-state index >= 15 is 0 Å². The summed E-state index contributed by atoms with van der Waals surface area (Å²) >= 11 is 3.39. The Balaban J connectivity index is 2.23. The largest absolute Gasteiger partial charge is 0.478 e. The summed E-state index contributed by atoms with van der Waals surface area (Å²) in [7, 11) is 0. The summed E-state index contributed by atoms with van der Waals surface area (Å²) in [5.41, 5.74) is 1.80. The van der Waals surface area contributed by atoms with Gasteiger partial charge in [0.25, 0.3) is 0 Å². The lowest BCUT2D eigenvalue weighted by atomic mass is 10.00. The molecule has 21 heavy (non-hydrogen) atoms. The van der Waals surface area contributed by atoms with Crippen LogP contribution in [0.25, 0.3) is 0 Å². The number of hydrogen-bond acceptors (Lipinski definition) is 2. The van der Waals surface area contributed by atoms with Gasteiger partial charge < -0.3 is 10.2 Å². The van der Waals surface area contributed by atoms with Crippen LogP contribution in [0.15, 0.2) is 46.9 Å². The molecule has 0 fully saturated rings. The molecule has 2 N–H and O–H groups in total. The van der Waals surface area contributed by atoms with Gasteiger partial charge in [-0.3, -0.25) is 0 Å². The van der Waals surface area contributed by atoms with Gasteiger partial charge in [-0.25, -0.2) is 9.59 Å². The van der Waals surface area contributed by atoms with Gasteiger partial charge in [-0.1, -0.05) is 28.1 Å². The number of halogens is 1. The van der Waals surface area contributed by atoms with E-state index in [0.717, 1.165) is 10.0 Å². The zero-order valence-electron chi connectivity index (χ0n) is 11.0. The molecule has 0 radical (unpaired) electrons. The molecule has 0 heterocycles. The first kappa shape index (κ1) is 15.3. The van der Waals surface area contributed by atoms with Crippen LogP contribution in [-0.4, -0.2) is 22.2 Å². The topological polar surface area (TPSA) is 74.6 Å². The second-order valence-electron chi connectivity index (χ2n) is 4.66. The normalized spacial score (nSPS) is 10.3. The molecule has 0 amide bonds. The van der Waals surface area contributed by atoms with E-state index < -0.39 is 11.9 Å². The Morgan fingerprint density at radius 1 is 0.857 bits per heavy atom. The molecule has 2 rings (SSSR count). The van der Waals surface area contributed by atoms with Crippen molar-refractivity contribution in [2.45, 2.75) is 12.8 Å². The minimum absolute atomic E-state index is 0.000794. The molecule has 0 aromatic heterocycles. The molecule has 0 aliphatic carbocycles. The molecule has 0 unspecified atom stereocenters. The standard InChI is InChI=1S/C16H13BrO4/c17-14-3-1-2-10(8-14)4-5-11-6-12(15(18)19)9-13(7-11)16(20)21/h1-3,6-9H,4-5H2,(H,18,19)(H,20,21). The van der Waals surface area contributed by atoms with Crippen LogP contribution in [0.3, 0.4) is 0 Å². The summed E-state index contributed by atoms with van der Waals surface area (Å²) in [6.45, 7) is 0. The lowest BCUT2D eigenvalue weighted by molar-refractivity contribution is 0.0696. The van der Waals surface area contributed by atoms with Gasteiger partial charge in [0.05, 0.1) is 11.1 Å². The number of carboxylic acids is 2. The Morgan fingerprint density at radius 3 is 1.95 bits per heavy atom. The van der Waals surface area contributed by atoms with Crippen LogP contribution in [0.5, 0.6) is 0 Å². The van der Waals surface area contributed by atoms with E-state index in [0.29, 0.717) is 18.4 Å². The summed E-state index contributed by atoms with van der Waals surface area (Å²) in [6.07, 6.45) is 1.29. The predicted molar refractivity (Wildman–Crippen MR) is 81.9 cm³/mol. The maximum atomic E-state index is 11.0. The Bertz CT molecular complexity index is 662. The molecule has 0 atom stereocenters. The van der Waals surface area contributed by atoms with Crippen LogP contribution in [0.1, 0.15) is 31.8 Å². The van der Waals surface area contributed by atoms with Crippen LogP contribution in [0.4, 0.5) is 0 Å². The number of carboxylic acid groups (broad SMARTS) is 2. The highest BCUT2D eigenvalue weighted by molar-refractivity contribution is 9.10. The molecular formula is C16H13BrO4.